The lowest BCUT2D eigenvalue weighted by Crippen LogP contribution is -2.46. The number of likely N-dealkylation sites (tertiary alicyclic amines) is 1. The summed E-state index contributed by atoms with van der Waals surface area (Å²) in [6.45, 7) is 2.30. The summed E-state index contributed by atoms with van der Waals surface area (Å²) >= 11 is 0. The highest BCUT2D eigenvalue weighted by Gasteiger charge is 2.32. The van der Waals surface area contributed by atoms with Gasteiger partial charge in [0.15, 0.2) is 0 Å². The monoisotopic (exact) mass is 404 g/mol. The third-order valence-electron chi connectivity index (χ3n) is 5.66. The average Bonchev–Trinajstić information content (AvgIpc) is 3.34. The average molecular weight is 404 g/mol. The van der Waals surface area contributed by atoms with Gasteiger partial charge in [-0.2, -0.15) is 0 Å². The Bertz CT molecular complexity index is 1020. The van der Waals surface area contributed by atoms with E-state index in [1.165, 1.54) is 0 Å². The van der Waals surface area contributed by atoms with Crippen molar-refractivity contribution < 1.29 is 19.0 Å². The minimum Gasteiger partial charge on any atom is -0.490 e. The van der Waals surface area contributed by atoms with Crippen LogP contribution in [0.3, 0.4) is 0 Å². The summed E-state index contributed by atoms with van der Waals surface area (Å²) in [7, 11) is 0. The van der Waals surface area contributed by atoms with Gasteiger partial charge in [-0.1, -0.05) is 30.3 Å². The molecule has 1 amide bonds. The molecule has 0 atom stereocenters. The number of hydrogen-bond donors (Lipinski definition) is 0. The first kappa shape index (κ1) is 19.0. The van der Waals surface area contributed by atoms with Crippen LogP contribution < -0.4 is 4.74 Å². The van der Waals surface area contributed by atoms with Gasteiger partial charge in [0.1, 0.15) is 11.9 Å². The van der Waals surface area contributed by atoms with Crippen molar-refractivity contribution >= 4 is 16.8 Å². The van der Waals surface area contributed by atoms with Crippen LogP contribution in [0.2, 0.25) is 0 Å². The quantitative estimate of drug-likeness (QED) is 0.664. The fourth-order valence-electron chi connectivity index (χ4n) is 3.99. The van der Waals surface area contributed by atoms with Gasteiger partial charge >= 0.3 is 0 Å². The summed E-state index contributed by atoms with van der Waals surface area (Å²) in [6.07, 6.45) is 2.89. The fraction of sp³-hybridized carbons (Fsp3) is 0.333. The molecule has 2 saturated heterocycles. The third kappa shape index (κ3) is 4.01. The zero-order valence-corrected chi connectivity index (χ0v) is 16.7. The Morgan fingerprint density at radius 2 is 1.70 bits per heavy atom. The molecule has 3 aromatic rings. The van der Waals surface area contributed by atoms with Crippen LogP contribution in [-0.2, 0) is 14.3 Å². The van der Waals surface area contributed by atoms with Crippen molar-refractivity contribution in [3.05, 3.63) is 60.8 Å². The van der Waals surface area contributed by atoms with E-state index in [0.29, 0.717) is 26.3 Å². The van der Waals surface area contributed by atoms with Crippen molar-refractivity contribution in [1.82, 2.24) is 9.88 Å². The normalized spacial score (nSPS) is 18.1. The Morgan fingerprint density at radius 3 is 2.47 bits per heavy atom. The van der Waals surface area contributed by atoms with Crippen LogP contribution in [0.1, 0.15) is 12.8 Å². The second-order valence-electron chi connectivity index (χ2n) is 7.66. The molecule has 6 nitrogen and oxygen atoms in total. The Hall–Kier alpha value is -2.96. The van der Waals surface area contributed by atoms with E-state index in [4.69, 9.17) is 14.2 Å². The van der Waals surface area contributed by atoms with E-state index in [0.717, 1.165) is 40.6 Å². The highest BCUT2D eigenvalue weighted by molar-refractivity contribution is 5.83. The molecule has 2 aromatic carbocycles. The molecule has 3 heterocycles. The summed E-state index contributed by atoms with van der Waals surface area (Å²) in [5.41, 5.74) is 3.19. The van der Waals surface area contributed by atoms with Crippen LogP contribution in [0, 0.1) is 0 Å². The molecule has 0 bridgehead atoms. The van der Waals surface area contributed by atoms with Crippen LogP contribution in [0.4, 0.5) is 0 Å². The highest BCUT2D eigenvalue weighted by Crippen LogP contribution is 2.26. The first-order chi connectivity index (χ1) is 14.8. The van der Waals surface area contributed by atoms with Gasteiger partial charge in [0, 0.05) is 43.1 Å². The van der Waals surface area contributed by atoms with Crippen molar-refractivity contribution in [3.63, 3.8) is 0 Å². The van der Waals surface area contributed by atoms with Crippen molar-refractivity contribution in [3.8, 4) is 16.9 Å². The standard InChI is InChI=1S/C24H24N2O4/c27-23(24-28-13-14-29-24)26-11-9-21(10-12-26)30-20-7-5-17(6-8-20)19-15-18-3-1-2-4-22(18)25-16-19/h1-8,15-16,21,24H,9-14H2. The molecule has 2 aliphatic rings. The van der Waals surface area contributed by atoms with E-state index in [2.05, 4.69) is 29.2 Å². The Kier molecular flexibility index (Phi) is 5.34. The fourth-order valence-corrected chi connectivity index (χ4v) is 3.99. The van der Waals surface area contributed by atoms with E-state index >= 15 is 0 Å². The molecule has 2 aliphatic heterocycles. The smallest absolute Gasteiger partial charge is 0.279 e. The molecule has 5 rings (SSSR count). The molecule has 154 valence electrons. The predicted octanol–water partition coefficient (Wildman–Crippen LogP) is 3.64. The van der Waals surface area contributed by atoms with Crippen molar-refractivity contribution in [2.45, 2.75) is 25.2 Å². The Labute approximate surface area is 175 Å². The summed E-state index contributed by atoms with van der Waals surface area (Å²) in [5, 5.41) is 1.13. The lowest BCUT2D eigenvalue weighted by Gasteiger charge is -2.33. The van der Waals surface area contributed by atoms with Crippen LogP contribution in [-0.4, -0.2) is 54.5 Å². The molecular formula is C24H24N2O4. The molecule has 0 unspecified atom stereocenters. The maximum Gasteiger partial charge on any atom is 0.279 e. The van der Waals surface area contributed by atoms with Gasteiger partial charge in [0.25, 0.3) is 5.91 Å². The zero-order valence-electron chi connectivity index (χ0n) is 16.7. The van der Waals surface area contributed by atoms with Crippen molar-refractivity contribution in [2.75, 3.05) is 26.3 Å². The molecule has 1 aromatic heterocycles. The van der Waals surface area contributed by atoms with Crippen LogP contribution in [0.25, 0.3) is 22.0 Å². The molecule has 0 saturated carbocycles. The molecule has 30 heavy (non-hydrogen) atoms. The first-order valence-electron chi connectivity index (χ1n) is 10.4. The lowest BCUT2D eigenvalue weighted by molar-refractivity contribution is -0.159. The number of piperidine rings is 1. The van der Waals surface area contributed by atoms with Gasteiger partial charge in [-0.15, -0.1) is 0 Å². The molecule has 0 N–H and O–H groups in total. The van der Waals surface area contributed by atoms with Crippen molar-refractivity contribution in [1.29, 1.82) is 0 Å². The Balaban J connectivity index is 1.19. The summed E-state index contributed by atoms with van der Waals surface area (Å²) < 4.78 is 16.8. The van der Waals surface area contributed by atoms with E-state index in [-0.39, 0.29) is 12.0 Å². The molecule has 0 aliphatic carbocycles. The largest absolute Gasteiger partial charge is 0.490 e. The van der Waals surface area contributed by atoms with E-state index in [1.807, 2.05) is 41.4 Å². The maximum absolute atomic E-state index is 12.3. The minimum atomic E-state index is -0.723. The SMILES string of the molecule is O=C(C1OCCO1)N1CCC(Oc2ccc(-c3cnc4ccccc4c3)cc2)CC1. The van der Waals surface area contributed by atoms with Gasteiger partial charge < -0.3 is 19.1 Å². The number of rotatable bonds is 4. The zero-order chi connectivity index (χ0) is 20.3. The number of benzene rings is 2. The molecule has 0 spiro atoms. The third-order valence-corrected chi connectivity index (χ3v) is 5.66. The predicted molar refractivity (Wildman–Crippen MR) is 113 cm³/mol. The van der Waals surface area contributed by atoms with Crippen LogP contribution in [0.15, 0.2) is 60.8 Å². The molecular weight excluding hydrogens is 380 g/mol. The summed E-state index contributed by atoms with van der Waals surface area (Å²) in [6, 6.07) is 18.4. The van der Waals surface area contributed by atoms with Crippen molar-refractivity contribution in [2.24, 2.45) is 0 Å². The second kappa shape index (κ2) is 8.42. The summed E-state index contributed by atoms with van der Waals surface area (Å²) in [5.74, 6) is 0.777. The maximum atomic E-state index is 12.3. The van der Waals surface area contributed by atoms with Gasteiger partial charge in [-0.05, 0) is 29.8 Å². The van der Waals surface area contributed by atoms with E-state index in [9.17, 15) is 4.79 Å². The van der Waals surface area contributed by atoms with E-state index in [1.54, 1.807) is 0 Å². The van der Waals surface area contributed by atoms with Gasteiger partial charge in [0.2, 0.25) is 6.29 Å². The number of aromatic nitrogens is 1. The van der Waals surface area contributed by atoms with Gasteiger partial charge in [-0.25, -0.2) is 0 Å². The Morgan fingerprint density at radius 1 is 0.967 bits per heavy atom. The number of para-hydroxylation sites is 1. The lowest BCUT2D eigenvalue weighted by atomic mass is 10.0. The van der Waals surface area contributed by atoms with Gasteiger partial charge in [-0.3, -0.25) is 9.78 Å². The second-order valence-corrected chi connectivity index (χ2v) is 7.66. The number of ether oxygens (including phenoxy) is 3. The van der Waals surface area contributed by atoms with Crippen LogP contribution >= 0.6 is 0 Å². The number of fused-ring (bicyclic) bond motifs is 1. The number of amides is 1. The number of nitrogens with zero attached hydrogens (tertiary/aromatic N) is 2. The number of pyridine rings is 1. The number of carbonyl (C=O) groups is 1. The molecule has 6 heteroatoms. The summed E-state index contributed by atoms with van der Waals surface area (Å²) in [4.78, 5) is 18.7. The minimum absolute atomic E-state index is 0.0701. The molecule has 2 fully saturated rings. The van der Waals surface area contributed by atoms with Gasteiger partial charge in [0.05, 0.1) is 18.7 Å². The number of hydrogen-bond acceptors (Lipinski definition) is 5. The number of carbonyl (C=O) groups excluding carboxylic acids is 1. The van der Waals surface area contributed by atoms with Crippen LogP contribution in [0.5, 0.6) is 5.75 Å². The topological polar surface area (TPSA) is 60.9 Å². The first-order valence-corrected chi connectivity index (χ1v) is 10.4. The van der Waals surface area contributed by atoms with E-state index < -0.39 is 6.29 Å². The highest BCUT2D eigenvalue weighted by atomic mass is 16.7. The molecule has 0 radical (unpaired) electrons.